The van der Waals surface area contributed by atoms with Crippen LogP contribution < -0.4 is 0 Å². The highest BCUT2D eigenvalue weighted by molar-refractivity contribution is 7.54. The molecule has 0 aliphatic heterocycles. The van der Waals surface area contributed by atoms with Crippen molar-refractivity contribution >= 4 is 19.5 Å². The first-order chi connectivity index (χ1) is 8.83. The van der Waals surface area contributed by atoms with Crippen LogP contribution in [0.15, 0.2) is 30.3 Å². The maximum Gasteiger partial charge on any atom is 0.343 e. The summed E-state index contributed by atoms with van der Waals surface area (Å²) in [6, 6.07) is 8.38. The van der Waals surface area contributed by atoms with Crippen molar-refractivity contribution in [2.24, 2.45) is 0 Å². The Kier molecular flexibility index (Phi) is 5.23. The Labute approximate surface area is 109 Å². The second-order valence-corrected chi connectivity index (χ2v) is 5.78. The van der Waals surface area contributed by atoms with Crippen LogP contribution in [0, 0.1) is 0 Å². The van der Waals surface area contributed by atoms with Crippen LogP contribution in [0.25, 0.3) is 0 Å². The first-order valence-corrected chi connectivity index (χ1v) is 6.93. The summed E-state index contributed by atoms with van der Waals surface area (Å²) in [7, 11) is -4.56. The van der Waals surface area contributed by atoms with Gasteiger partial charge in [0.2, 0.25) is 0 Å². The van der Waals surface area contributed by atoms with Gasteiger partial charge in [0.05, 0.1) is 13.0 Å². The van der Waals surface area contributed by atoms with E-state index in [4.69, 9.17) is 14.7 Å². The Bertz CT molecular complexity index is 499. The number of benzene rings is 1. The van der Waals surface area contributed by atoms with Crippen LogP contribution in [-0.4, -0.2) is 32.7 Å². The summed E-state index contributed by atoms with van der Waals surface area (Å²) >= 11 is 0. The summed E-state index contributed by atoms with van der Waals surface area (Å²) in [6.07, 6.45) is -0.974. The van der Waals surface area contributed by atoms with Crippen molar-refractivity contribution in [2.75, 3.05) is 0 Å². The highest BCUT2D eigenvalue weighted by Crippen LogP contribution is 2.49. The standard InChI is InChI=1S/C11H13O7P/c12-10(13)6-9(11(14)15)19(16,17)18-7-8-4-2-1-3-5-8/h1-5,9H,6-7H2,(H,12,13)(H,14,15)(H,16,17). The number of carboxylic acids is 2. The van der Waals surface area contributed by atoms with E-state index < -0.39 is 31.6 Å². The zero-order valence-corrected chi connectivity index (χ0v) is 10.7. The zero-order valence-electron chi connectivity index (χ0n) is 9.80. The molecule has 0 aliphatic rings. The Morgan fingerprint density at radius 3 is 2.26 bits per heavy atom. The first-order valence-electron chi connectivity index (χ1n) is 5.28. The van der Waals surface area contributed by atoms with Crippen molar-refractivity contribution < 1.29 is 33.8 Å². The molecule has 1 rings (SSSR count). The topological polar surface area (TPSA) is 121 Å². The minimum Gasteiger partial charge on any atom is -0.481 e. The molecule has 19 heavy (non-hydrogen) atoms. The minimum atomic E-state index is -4.56. The van der Waals surface area contributed by atoms with Crippen LogP contribution in [0.2, 0.25) is 0 Å². The predicted octanol–water partition coefficient (Wildman–Crippen LogP) is 1.32. The van der Waals surface area contributed by atoms with Crippen molar-refractivity contribution in [1.82, 2.24) is 0 Å². The predicted molar refractivity (Wildman–Crippen MR) is 64.7 cm³/mol. The average molecular weight is 288 g/mol. The minimum absolute atomic E-state index is 0.266. The number of rotatable bonds is 7. The van der Waals surface area contributed by atoms with Gasteiger partial charge >= 0.3 is 19.5 Å². The van der Waals surface area contributed by atoms with E-state index in [1.54, 1.807) is 30.3 Å². The van der Waals surface area contributed by atoms with E-state index in [9.17, 15) is 19.0 Å². The van der Waals surface area contributed by atoms with Gasteiger partial charge in [0.15, 0.2) is 5.66 Å². The molecular weight excluding hydrogens is 275 g/mol. The van der Waals surface area contributed by atoms with E-state index in [1.165, 1.54) is 0 Å². The normalized spacial score (nSPS) is 15.4. The molecular formula is C11H13O7P. The van der Waals surface area contributed by atoms with Gasteiger partial charge < -0.3 is 19.6 Å². The fourth-order valence-corrected chi connectivity index (χ4v) is 2.52. The van der Waals surface area contributed by atoms with Crippen LogP contribution in [0.3, 0.4) is 0 Å². The molecule has 1 aromatic rings. The quantitative estimate of drug-likeness (QED) is 0.647. The van der Waals surface area contributed by atoms with Crippen molar-refractivity contribution in [3.05, 3.63) is 35.9 Å². The monoisotopic (exact) mass is 288 g/mol. The third kappa shape index (κ3) is 4.82. The smallest absolute Gasteiger partial charge is 0.343 e. The number of carboxylic acid groups (broad SMARTS) is 2. The summed E-state index contributed by atoms with van der Waals surface area (Å²) in [5, 5.41) is 17.3. The first kappa shape index (κ1) is 15.4. The Hall–Kier alpha value is -1.69. The lowest BCUT2D eigenvalue weighted by atomic mass is 10.2. The number of hydrogen-bond donors (Lipinski definition) is 3. The summed E-state index contributed by atoms with van der Waals surface area (Å²) in [6.45, 7) is -0.266. The van der Waals surface area contributed by atoms with Crippen LogP contribution in [-0.2, 0) is 25.3 Å². The van der Waals surface area contributed by atoms with Crippen LogP contribution >= 0.6 is 7.60 Å². The van der Waals surface area contributed by atoms with Gasteiger partial charge in [-0.2, -0.15) is 0 Å². The van der Waals surface area contributed by atoms with Gasteiger partial charge in [0.25, 0.3) is 0 Å². The molecule has 0 fully saturated rings. The Morgan fingerprint density at radius 1 is 1.21 bits per heavy atom. The van der Waals surface area contributed by atoms with Crippen LogP contribution in [0.4, 0.5) is 0 Å². The largest absolute Gasteiger partial charge is 0.481 e. The highest BCUT2D eigenvalue weighted by atomic mass is 31.2. The molecule has 0 saturated carbocycles. The lowest BCUT2D eigenvalue weighted by Crippen LogP contribution is -2.24. The lowest BCUT2D eigenvalue weighted by molar-refractivity contribution is -0.143. The van der Waals surface area contributed by atoms with E-state index in [0.717, 1.165) is 0 Å². The number of carbonyl (C=O) groups is 2. The summed E-state index contributed by atoms with van der Waals surface area (Å²) in [5.74, 6) is -3.16. The zero-order chi connectivity index (χ0) is 14.5. The van der Waals surface area contributed by atoms with Crippen LogP contribution in [0.1, 0.15) is 12.0 Å². The molecule has 0 bridgehead atoms. The molecule has 3 N–H and O–H groups in total. The van der Waals surface area contributed by atoms with E-state index >= 15 is 0 Å². The third-order valence-electron chi connectivity index (χ3n) is 2.31. The third-order valence-corrected chi connectivity index (χ3v) is 4.00. The summed E-state index contributed by atoms with van der Waals surface area (Å²) < 4.78 is 16.5. The maximum atomic E-state index is 11.8. The second kappa shape index (κ2) is 6.47. The van der Waals surface area contributed by atoms with Gasteiger partial charge in [-0.1, -0.05) is 30.3 Å². The van der Waals surface area contributed by atoms with Gasteiger partial charge in [0, 0.05) is 0 Å². The van der Waals surface area contributed by atoms with Gasteiger partial charge in [-0.25, -0.2) is 0 Å². The van der Waals surface area contributed by atoms with Crippen molar-refractivity contribution in [3.63, 3.8) is 0 Å². The van der Waals surface area contributed by atoms with E-state index in [2.05, 4.69) is 0 Å². The highest BCUT2D eigenvalue weighted by Gasteiger charge is 2.40. The van der Waals surface area contributed by atoms with E-state index in [0.29, 0.717) is 5.56 Å². The number of hydrogen-bond acceptors (Lipinski definition) is 4. The number of aliphatic carboxylic acids is 2. The summed E-state index contributed by atoms with van der Waals surface area (Å²) in [4.78, 5) is 30.8. The molecule has 0 saturated heterocycles. The molecule has 0 aromatic heterocycles. The fourth-order valence-electron chi connectivity index (χ4n) is 1.34. The van der Waals surface area contributed by atoms with Gasteiger partial charge in [-0.15, -0.1) is 0 Å². The van der Waals surface area contributed by atoms with Crippen molar-refractivity contribution in [3.8, 4) is 0 Å². The molecule has 7 nitrogen and oxygen atoms in total. The lowest BCUT2D eigenvalue weighted by Gasteiger charge is -2.17. The SMILES string of the molecule is O=C(O)CC(C(=O)O)P(=O)(O)OCc1ccccc1. The summed E-state index contributed by atoms with van der Waals surface area (Å²) in [5.41, 5.74) is -1.40. The second-order valence-electron chi connectivity index (χ2n) is 3.78. The molecule has 0 radical (unpaired) electrons. The molecule has 8 heteroatoms. The Balaban J connectivity index is 2.75. The van der Waals surface area contributed by atoms with Crippen molar-refractivity contribution in [2.45, 2.75) is 18.7 Å². The molecule has 0 amide bonds. The van der Waals surface area contributed by atoms with Crippen molar-refractivity contribution in [1.29, 1.82) is 0 Å². The van der Waals surface area contributed by atoms with E-state index in [1.807, 2.05) is 0 Å². The molecule has 0 spiro atoms. The average Bonchev–Trinajstić information content (AvgIpc) is 2.34. The van der Waals surface area contributed by atoms with E-state index in [-0.39, 0.29) is 6.61 Å². The maximum absolute atomic E-state index is 11.8. The van der Waals surface area contributed by atoms with Gasteiger partial charge in [-0.05, 0) is 5.56 Å². The van der Waals surface area contributed by atoms with Crippen LogP contribution in [0.5, 0.6) is 0 Å². The molecule has 2 unspecified atom stereocenters. The molecule has 0 heterocycles. The molecule has 0 aliphatic carbocycles. The fraction of sp³-hybridized carbons (Fsp3) is 0.273. The van der Waals surface area contributed by atoms with Gasteiger partial charge in [0.1, 0.15) is 0 Å². The molecule has 104 valence electrons. The van der Waals surface area contributed by atoms with Gasteiger partial charge in [-0.3, -0.25) is 14.2 Å². The molecule has 2 atom stereocenters. The molecule has 1 aromatic carbocycles. The Morgan fingerprint density at radius 2 is 1.79 bits per heavy atom.